The Morgan fingerprint density at radius 3 is 2.07 bits per heavy atom. The highest BCUT2D eigenvalue weighted by molar-refractivity contribution is 6.01. The zero-order chi connectivity index (χ0) is 21.2. The van der Waals surface area contributed by atoms with Crippen molar-refractivity contribution in [3.05, 3.63) is 81.9 Å². The molecule has 0 radical (unpaired) electrons. The van der Waals surface area contributed by atoms with Crippen molar-refractivity contribution in [1.82, 2.24) is 0 Å². The number of benzene rings is 3. The fourth-order valence-corrected chi connectivity index (χ4v) is 4.17. The number of rotatable bonds is 2. The lowest BCUT2D eigenvalue weighted by Crippen LogP contribution is -2.33. The molecule has 8 nitrogen and oxygen atoms in total. The van der Waals surface area contributed by atoms with Crippen LogP contribution in [0.4, 0.5) is 0 Å². The summed E-state index contributed by atoms with van der Waals surface area (Å²) >= 11 is 0. The summed E-state index contributed by atoms with van der Waals surface area (Å²) in [5.74, 6) is -1.14. The summed E-state index contributed by atoms with van der Waals surface area (Å²) < 4.78 is 11.8. The van der Waals surface area contributed by atoms with Crippen molar-refractivity contribution < 1.29 is 34.4 Å². The van der Waals surface area contributed by atoms with E-state index in [9.17, 15) is 24.9 Å². The van der Waals surface area contributed by atoms with Crippen LogP contribution < -0.4 is 10.5 Å². The van der Waals surface area contributed by atoms with Crippen molar-refractivity contribution in [2.45, 2.75) is 12.2 Å². The van der Waals surface area contributed by atoms with Crippen molar-refractivity contribution in [3.63, 3.8) is 0 Å². The second kappa shape index (κ2) is 5.98. The van der Waals surface area contributed by atoms with Gasteiger partial charge in [0.05, 0.1) is 12.2 Å². The maximum atomic E-state index is 13.0. The number of fused-ring (bicyclic) bond motifs is 6. The minimum absolute atomic E-state index is 0.0704. The first kappa shape index (κ1) is 18.0. The van der Waals surface area contributed by atoms with Crippen LogP contribution in [0.5, 0.6) is 23.0 Å². The Hall–Kier alpha value is -4.04. The van der Waals surface area contributed by atoms with Gasteiger partial charge in [0.1, 0.15) is 23.0 Å². The van der Waals surface area contributed by atoms with Gasteiger partial charge in [-0.25, -0.2) is 4.79 Å². The summed E-state index contributed by atoms with van der Waals surface area (Å²) in [6.45, 7) is -0.504. The molecule has 150 valence electrons. The zero-order valence-corrected chi connectivity index (χ0v) is 15.4. The molecule has 0 fully saturated rings. The Labute approximate surface area is 169 Å². The zero-order valence-electron chi connectivity index (χ0n) is 15.4. The predicted molar refractivity (Wildman–Crippen MR) is 102 cm³/mol. The molecule has 0 aliphatic carbocycles. The molecule has 3 aromatic rings. The number of ether oxygens (including phenoxy) is 2. The number of phenolic OH excluding ortho intramolecular Hbond substituents is 2. The van der Waals surface area contributed by atoms with Gasteiger partial charge in [0, 0.05) is 34.4 Å². The van der Waals surface area contributed by atoms with E-state index in [-0.39, 0.29) is 39.7 Å². The average Bonchev–Trinajstić information content (AvgIpc) is 3.00. The van der Waals surface area contributed by atoms with E-state index in [0.717, 1.165) is 0 Å². The van der Waals surface area contributed by atoms with Gasteiger partial charge in [-0.1, -0.05) is 0 Å². The summed E-state index contributed by atoms with van der Waals surface area (Å²) in [5, 5.41) is 29.7. The molecule has 3 aromatic carbocycles. The van der Waals surface area contributed by atoms with Crippen LogP contribution in [0.2, 0.25) is 0 Å². The molecule has 2 aliphatic heterocycles. The minimum Gasteiger partial charge on any atom is -0.508 e. The van der Waals surface area contributed by atoms with Gasteiger partial charge in [-0.2, -0.15) is 0 Å². The van der Waals surface area contributed by atoms with Crippen LogP contribution in [0.25, 0.3) is 0 Å². The third-order valence-corrected chi connectivity index (χ3v) is 5.41. The van der Waals surface area contributed by atoms with E-state index in [0.29, 0.717) is 16.7 Å². The number of hydrogen-bond donors (Lipinski definition) is 4. The van der Waals surface area contributed by atoms with Crippen molar-refractivity contribution in [2.75, 3.05) is 0 Å². The lowest BCUT2D eigenvalue weighted by atomic mass is 9.76. The van der Waals surface area contributed by atoms with Gasteiger partial charge in [-0.05, 0) is 42.0 Å². The molecule has 0 atom stereocenters. The molecule has 30 heavy (non-hydrogen) atoms. The van der Waals surface area contributed by atoms with Gasteiger partial charge in [-0.3, -0.25) is 4.79 Å². The van der Waals surface area contributed by atoms with Crippen LogP contribution in [0.1, 0.15) is 43.0 Å². The molecule has 0 saturated heterocycles. The molecule has 5 N–H and O–H groups in total. The maximum Gasteiger partial charge on any atom is 0.340 e. The number of carbonyl (C=O) groups excluding carboxylic acids is 2. The quantitative estimate of drug-likeness (QED) is 0.480. The summed E-state index contributed by atoms with van der Waals surface area (Å²) in [6.07, 6.45) is 0. The maximum absolute atomic E-state index is 13.0. The molecule has 5 rings (SSSR count). The number of nitrogens with two attached hydrogens (primary N) is 1. The number of aliphatic hydroxyl groups excluding tert-OH is 1. The number of esters is 1. The summed E-state index contributed by atoms with van der Waals surface area (Å²) in [5.41, 5.74) is 5.53. The Balaban J connectivity index is 1.93. The largest absolute Gasteiger partial charge is 0.508 e. The van der Waals surface area contributed by atoms with E-state index in [4.69, 9.17) is 15.2 Å². The average molecular weight is 405 g/mol. The third-order valence-electron chi connectivity index (χ3n) is 5.41. The predicted octanol–water partition coefficient (Wildman–Crippen LogP) is 2.26. The first-order valence-corrected chi connectivity index (χ1v) is 9.01. The normalized spacial score (nSPS) is 15.0. The van der Waals surface area contributed by atoms with Crippen LogP contribution in [0, 0.1) is 0 Å². The van der Waals surface area contributed by atoms with Crippen molar-refractivity contribution in [3.8, 4) is 23.0 Å². The number of carbonyl (C=O) groups is 2. The van der Waals surface area contributed by atoms with Crippen molar-refractivity contribution >= 4 is 11.9 Å². The second-order valence-corrected chi connectivity index (χ2v) is 7.11. The number of primary amides is 1. The second-order valence-electron chi connectivity index (χ2n) is 7.11. The highest BCUT2D eigenvalue weighted by Gasteiger charge is 2.54. The van der Waals surface area contributed by atoms with Crippen LogP contribution in [-0.4, -0.2) is 27.2 Å². The summed E-state index contributed by atoms with van der Waals surface area (Å²) in [4.78, 5) is 24.9. The van der Waals surface area contributed by atoms with Crippen molar-refractivity contribution in [1.29, 1.82) is 0 Å². The fourth-order valence-electron chi connectivity index (χ4n) is 4.17. The van der Waals surface area contributed by atoms with E-state index < -0.39 is 24.1 Å². The standard InChI is InChI=1S/C22H15NO7/c23-20(27)10-5-11(9-24)19-16(6-10)22(30-21(19)28)14-3-1-12(25)7-17(14)29-18-8-13(26)2-4-15(18)22/h1-8,24-26H,9H2,(H2,23,27). The number of amides is 1. The molecule has 0 aromatic heterocycles. The smallest absolute Gasteiger partial charge is 0.340 e. The topological polar surface area (TPSA) is 139 Å². The lowest BCUT2D eigenvalue weighted by molar-refractivity contribution is 0.0223. The molecular weight excluding hydrogens is 390 g/mol. The van der Waals surface area contributed by atoms with Crippen molar-refractivity contribution in [2.24, 2.45) is 5.73 Å². The number of aromatic hydroxyl groups is 2. The van der Waals surface area contributed by atoms with Gasteiger partial charge in [-0.15, -0.1) is 0 Å². The third kappa shape index (κ3) is 2.25. The summed E-state index contributed by atoms with van der Waals surface area (Å²) in [6, 6.07) is 11.5. The monoisotopic (exact) mass is 405 g/mol. The van der Waals surface area contributed by atoms with Crippen LogP contribution in [-0.2, 0) is 16.9 Å². The molecule has 2 aliphatic rings. The summed E-state index contributed by atoms with van der Waals surface area (Å²) in [7, 11) is 0. The van der Waals surface area contributed by atoms with E-state index in [1.165, 1.54) is 36.4 Å². The van der Waals surface area contributed by atoms with Gasteiger partial charge >= 0.3 is 5.97 Å². The first-order chi connectivity index (χ1) is 14.3. The van der Waals surface area contributed by atoms with Crippen LogP contribution in [0.3, 0.4) is 0 Å². The van der Waals surface area contributed by atoms with Gasteiger partial charge < -0.3 is 30.5 Å². The van der Waals surface area contributed by atoms with Gasteiger partial charge in [0.25, 0.3) is 0 Å². The molecule has 1 amide bonds. The van der Waals surface area contributed by atoms with E-state index >= 15 is 0 Å². The van der Waals surface area contributed by atoms with Crippen LogP contribution >= 0.6 is 0 Å². The van der Waals surface area contributed by atoms with E-state index in [1.807, 2.05) is 0 Å². The Morgan fingerprint density at radius 1 is 0.933 bits per heavy atom. The molecule has 8 heteroatoms. The Morgan fingerprint density at radius 2 is 1.53 bits per heavy atom. The SMILES string of the molecule is NC(=O)c1cc(CO)c2c(c1)C1(OC2=O)c2ccc(O)cc2Oc2cc(O)ccc21. The minimum atomic E-state index is -1.52. The Bertz CT molecular complexity index is 1210. The lowest BCUT2D eigenvalue weighted by Gasteiger charge is -2.36. The molecular formula is C22H15NO7. The molecule has 0 unspecified atom stereocenters. The number of aliphatic hydroxyl groups is 1. The Kier molecular flexibility index (Phi) is 3.59. The highest BCUT2D eigenvalue weighted by atomic mass is 16.6. The number of phenols is 2. The van der Waals surface area contributed by atoms with Gasteiger partial charge in [0.2, 0.25) is 5.91 Å². The molecule has 1 spiro atoms. The molecule has 0 saturated carbocycles. The van der Waals surface area contributed by atoms with E-state index in [2.05, 4.69) is 0 Å². The fraction of sp³-hybridized carbons (Fsp3) is 0.0909. The molecule has 0 bridgehead atoms. The first-order valence-electron chi connectivity index (χ1n) is 9.01. The molecule has 2 heterocycles. The van der Waals surface area contributed by atoms with Crippen LogP contribution in [0.15, 0.2) is 48.5 Å². The number of hydrogen-bond acceptors (Lipinski definition) is 7. The van der Waals surface area contributed by atoms with Gasteiger partial charge in [0.15, 0.2) is 5.60 Å². The highest BCUT2D eigenvalue weighted by Crippen LogP contribution is 2.57. The van der Waals surface area contributed by atoms with E-state index in [1.54, 1.807) is 12.1 Å².